The molecule has 1 aromatic heterocycles. The van der Waals surface area contributed by atoms with E-state index >= 15 is 0 Å². The van der Waals surface area contributed by atoms with Crippen LogP contribution in [0.5, 0.6) is 0 Å². The van der Waals surface area contributed by atoms with Gasteiger partial charge >= 0.3 is 0 Å². The van der Waals surface area contributed by atoms with Crippen LogP contribution in [-0.2, 0) is 0 Å². The molecule has 3 nitrogen and oxygen atoms in total. The van der Waals surface area contributed by atoms with Crippen LogP contribution in [0.25, 0.3) is 17.1 Å². The van der Waals surface area contributed by atoms with Crippen molar-refractivity contribution in [1.29, 1.82) is 0 Å². The molecular formula is C19H18ClN3S. The molecule has 3 aromatic rings. The predicted molar refractivity (Wildman–Crippen MR) is 102 cm³/mol. The molecule has 5 heteroatoms. The van der Waals surface area contributed by atoms with E-state index in [-0.39, 0.29) is 0 Å². The summed E-state index contributed by atoms with van der Waals surface area (Å²) >= 11 is 7.63. The van der Waals surface area contributed by atoms with Gasteiger partial charge in [-0.25, -0.2) is 0 Å². The van der Waals surface area contributed by atoms with Gasteiger partial charge in [0.2, 0.25) is 0 Å². The molecule has 3 rings (SSSR count). The molecule has 0 aliphatic heterocycles. The van der Waals surface area contributed by atoms with Crippen LogP contribution >= 0.6 is 23.4 Å². The maximum atomic E-state index is 6.01. The Bertz CT molecular complexity index is 869. The first-order valence-electron chi connectivity index (χ1n) is 7.63. The van der Waals surface area contributed by atoms with Crippen molar-refractivity contribution in [1.82, 2.24) is 14.8 Å². The van der Waals surface area contributed by atoms with Crippen molar-refractivity contribution in [3.05, 3.63) is 71.3 Å². The highest BCUT2D eigenvalue weighted by atomic mass is 35.5. The third-order valence-corrected chi connectivity index (χ3v) is 4.99. The van der Waals surface area contributed by atoms with Crippen molar-refractivity contribution in [2.75, 3.05) is 5.75 Å². The Morgan fingerprint density at radius 1 is 1.08 bits per heavy atom. The molecule has 0 unspecified atom stereocenters. The van der Waals surface area contributed by atoms with Gasteiger partial charge in [0.25, 0.3) is 0 Å². The van der Waals surface area contributed by atoms with Gasteiger partial charge in [0.05, 0.1) is 5.69 Å². The van der Waals surface area contributed by atoms with E-state index in [9.17, 15) is 0 Å². The summed E-state index contributed by atoms with van der Waals surface area (Å²) in [5, 5.41) is 10.3. The standard InChI is InChI=1S/C19H18ClN3S/c1-4-11-24-19-22-21-18(15-6-8-16(20)9-7-15)23(19)17-10-5-13(2)14(3)12-17/h4-10,12H,1,11H2,2-3H3. The second-order valence-electron chi connectivity index (χ2n) is 5.52. The van der Waals surface area contributed by atoms with Crippen molar-refractivity contribution >= 4 is 23.4 Å². The largest absolute Gasteiger partial charge is 0.270 e. The van der Waals surface area contributed by atoms with Gasteiger partial charge in [-0.15, -0.1) is 16.8 Å². The molecule has 0 aliphatic carbocycles. The first kappa shape index (κ1) is 16.8. The van der Waals surface area contributed by atoms with E-state index in [1.54, 1.807) is 11.8 Å². The van der Waals surface area contributed by atoms with E-state index in [1.807, 2.05) is 30.3 Å². The number of hydrogen-bond acceptors (Lipinski definition) is 3. The molecular weight excluding hydrogens is 338 g/mol. The Hall–Kier alpha value is -2.04. The highest BCUT2D eigenvalue weighted by Crippen LogP contribution is 2.29. The molecule has 0 N–H and O–H groups in total. The molecule has 0 radical (unpaired) electrons. The number of rotatable bonds is 5. The first-order valence-corrected chi connectivity index (χ1v) is 8.99. The van der Waals surface area contributed by atoms with E-state index in [2.05, 4.69) is 53.4 Å². The normalized spacial score (nSPS) is 10.8. The lowest BCUT2D eigenvalue weighted by Crippen LogP contribution is -2.00. The minimum Gasteiger partial charge on any atom is -0.270 e. The first-order chi connectivity index (χ1) is 11.6. The van der Waals surface area contributed by atoms with E-state index < -0.39 is 0 Å². The number of aryl methyl sites for hydroxylation is 2. The van der Waals surface area contributed by atoms with Gasteiger partial charge in [-0.05, 0) is 61.4 Å². The molecule has 24 heavy (non-hydrogen) atoms. The summed E-state index contributed by atoms with van der Waals surface area (Å²) in [5.41, 5.74) is 4.54. The van der Waals surface area contributed by atoms with E-state index in [0.29, 0.717) is 5.02 Å². The van der Waals surface area contributed by atoms with Gasteiger partial charge in [0, 0.05) is 16.3 Å². The van der Waals surface area contributed by atoms with Crippen LogP contribution in [0.15, 0.2) is 60.3 Å². The Labute approximate surface area is 151 Å². The maximum Gasteiger partial charge on any atom is 0.196 e. The molecule has 2 aromatic carbocycles. The fourth-order valence-electron chi connectivity index (χ4n) is 2.38. The average Bonchev–Trinajstić information content (AvgIpc) is 3.00. The van der Waals surface area contributed by atoms with Crippen molar-refractivity contribution in [2.24, 2.45) is 0 Å². The van der Waals surface area contributed by atoms with Crippen LogP contribution < -0.4 is 0 Å². The van der Waals surface area contributed by atoms with E-state index in [0.717, 1.165) is 28.0 Å². The average molecular weight is 356 g/mol. The van der Waals surface area contributed by atoms with Crippen LogP contribution in [0.3, 0.4) is 0 Å². The zero-order valence-corrected chi connectivity index (χ0v) is 15.2. The SMILES string of the molecule is C=CCSc1nnc(-c2ccc(Cl)cc2)n1-c1ccc(C)c(C)c1. The molecule has 0 saturated heterocycles. The number of halogens is 1. The Kier molecular flexibility index (Phi) is 5.07. The molecule has 0 aliphatic rings. The lowest BCUT2D eigenvalue weighted by Gasteiger charge is -2.12. The zero-order valence-electron chi connectivity index (χ0n) is 13.7. The van der Waals surface area contributed by atoms with Crippen LogP contribution in [0.1, 0.15) is 11.1 Å². The van der Waals surface area contributed by atoms with Crippen molar-refractivity contribution < 1.29 is 0 Å². The Morgan fingerprint density at radius 2 is 1.83 bits per heavy atom. The van der Waals surface area contributed by atoms with Gasteiger partial charge in [0.15, 0.2) is 11.0 Å². The van der Waals surface area contributed by atoms with Gasteiger partial charge in [0.1, 0.15) is 0 Å². The Balaban J connectivity index is 2.15. The maximum absolute atomic E-state index is 6.01. The molecule has 0 bridgehead atoms. The minimum absolute atomic E-state index is 0.706. The molecule has 0 saturated carbocycles. The number of nitrogens with zero attached hydrogens (tertiary/aromatic N) is 3. The summed E-state index contributed by atoms with van der Waals surface area (Å²) in [6.45, 7) is 8.01. The number of hydrogen-bond donors (Lipinski definition) is 0. The Morgan fingerprint density at radius 3 is 2.50 bits per heavy atom. The summed E-state index contributed by atoms with van der Waals surface area (Å²) in [5.74, 6) is 1.59. The number of aromatic nitrogens is 3. The zero-order chi connectivity index (χ0) is 17.1. The quantitative estimate of drug-likeness (QED) is 0.448. The molecule has 0 spiro atoms. The van der Waals surface area contributed by atoms with Crippen molar-refractivity contribution in [3.63, 3.8) is 0 Å². The van der Waals surface area contributed by atoms with Crippen molar-refractivity contribution in [2.45, 2.75) is 19.0 Å². The summed E-state index contributed by atoms with van der Waals surface area (Å²) in [4.78, 5) is 0. The van der Waals surface area contributed by atoms with E-state index in [1.165, 1.54) is 11.1 Å². The van der Waals surface area contributed by atoms with Gasteiger partial charge in [-0.2, -0.15) is 0 Å². The number of thioether (sulfide) groups is 1. The monoisotopic (exact) mass is 355 g/mol. The second-order valence-corrected chi connectivity index (χ2v) is 6.94. The summed E-state index contributed by atoms with van der Waals surface area (Å²) < 4.78 is 2.09. The number of benzene rings is 2. The molecule has 0 amide bonds. The highest BCUT2D eigenvalue weighted by Gasteiger charge is 2.16. The third-order valence-electron chi connectivity index (χ3n) is 3.81. The lowest BCUT2D eigenvalue weighted by atomic mass is 10.1. The fourth-order valence-corrected chi connectivity index (χ4v) is 3.19. The third kappa shape index (κ3) is 3.40. The van der Waals surface area contributed by atoms with Crippen LogP contribution in [-0.4, -0.2) is 20.5 Å². The topological polar surface area (TPSA) is 30.7 Å². The summed E-state index contributed by atoms with van der Waals surface area (Å²) in [7, 11) is 0. The van der Waals surface area contributed by atoms with Gasteiger partial charge in [-0.3, -0.25) is 4.57 Å². The van der Waals surface area contributed by atoms with E-state index in [4.69, 9.17) is 11.6 Å². The molecule has 1 heterocycles. The predicted octanol–water partition coefficient (Wildman–Crippen LogP) is 5.48. The molecule has 0 atom stereocenters. The van der Waals surface area contributed by atoms with Crippen LogP contribution in [0.2, 0.25) is 5.02 Å². The fraction of sp³-hybridized carbons (Fsp3) is 0.158. The highest BCUT2D eigenvalue weighted by molar-refractivity contribution is 7.99. The van der Waals surface area contributed by atoms with Crippen LogP contribution in [0, 0.1) is 13.8 Å². The van der Waals surface area contributed by atoms with Gasteiger partial charge < -0.3 is 0 Å². The second kappa shape index (κ2) is 7.24. The lowest BCUT2D eigenvalue weighted by molar-refractivity contribution is 0.886. The van der Waals surface area contributed by atoms with Crippen LogP contribution in [0.4, 0.5) is 0 Å². The van der Waals surface area contributed by atoms with Gasteiger partial charge in [-0.1, -0.05) is 35.5 Å². The summed E-state index contributed by atoms with van der Waals surface area (Å²) in [6.07, 6.45) is 1.87. The minimum atomic E-state index is 0.706. The summed E-state index contributed by atoms with van der Waals surface area (Å²) in [6, 6.07) is 14.1. The molecule has 122 valence electrons. The van der Waals surface area contributed by atoms with Crippen molar-refractivity contribution in [3.8, 4) is 17.1 Å². The smallest absolute Gasteiger partial charge is 0.196 e. The molecule has 0 fully saturated rings.